The van der Waals surface area contributed by atoms with Crippen molar-refractivity contribution in [2.45, 2.75) is 9.65 Å². The zero-order valence-electron chi connectivity index (χ0n) is 3.90. The first-order valence-corrected chi connectivity index (χ1v) is 3.73. The maximum atomic E-state index is 10.1. The maximum Gasteiger partial charge on any atom is 0.308 e. The van der Waals surface area contributed by atoms with Crippen LogP contribution in [0.5, 0.6) is 0 Å². The van der Waals surface area contributed by atoms with Crippen LogP contribution in [-0.4, -0.2) is 14.3 Å². The topological polar surface area (TPSA) is 37.3 Å². The predicted octanol–water partition coefficient (Wildman–Crippen LogP) is 1.58. The number of carbonyl (C=O) groups is 1. The Kier molecular flexibility index (Phi) is 1.39. The molecule has 0 aromatic rings. The van der Waals surface area contributed by atoms with Crippen molar-refractivity contribution in [1.82, 2.24) is 0 Å². The third-order valence-corrected chi connectivity index (χ3v) is 2.88. The van der Waals surface area contributed by atoms with Crippen molar-refractivity contribution in [3.63, 3.8) is 0 Å². The minimum absolute atomic E-state index is 0.234. The smallest absolute Gasteiger partial charge is 0.308 e. The molecule has 0 spiro atoms. The first-order valence-electron chi connectivity index (χ1n) is 2.14. The fraction of sp³-hybridized carbons (Fsp3) is 0.750. The summed E-state index contributed by atoms with van der Waals surface area (Å²) in [5.41, 5.74) is 0. The molecule has 46 valence electrons. The molecule has 1 aliphatic carbocycles. The summed E-state index contributed by atoms with van der Waals surface area (Å²) < 4.78 is -0.286. The Balaban J connectivity index is 2.48. The summed E-state index contributed by atoms with van der Waals surface area (Å²) in [4.78, 5) is 10.1. The number of hydrogen-bond acceptors (Lipinski definition) is 1. The predicted molar refractivity (Wildman–Crippen MR) is 36.3 cm³/mol. The van der Waals surface area contributed by atoms with Crippen LogP contribution in [0.3, 0.4) is 0 Å². The van der Waals surface area contributed by atoms with Gasteiger partial charge in [0.05, 0.1) is 9.15 Å². The molecule has 1 aliphatic rings. The lowest BCUT2D eigenvalue weighted by molar-refractivity contribution is -0.138. The number of aliphatic carboxylic acids is 1. The summed E-state index contributed by atoms with van der Waals surface area (Å²) in [6.07, 6.45) is 0.683. The number of alkyl halides is 2. The summed E-state index contributed by atoms with van der Waals surface area (Å²) in [6, 6.07) is 0. The van der Waals surface area contributed by atoms with E-state index < -0.39 is 5.97 Å². The van der Waals surface area contributed by atoms with Gasteiger partial charge in [-0.25, -0.2) is 0 Å². The van der Waals surface area contributed by atoms with E-state index in [2.05, 4.69) is 31.9 Å². The molecular weight excluding hydrogens is 240 g/mol. The zero-order valence-corrected chi connectivity index (χ0v) is 7.07. The second-order valence-corrected chi connectivity index (χ2v) is 5.75. The van der Waals surface area contributed by atoms with Gasteiger partial charge in [-0.15, -0.1) is 0 Å². The van der Waals surface area contributed by atoms with E-state index in [9.17, 15) is 4.79 Å². The van der Waals surface area contributed by atoms with Crippen molar-refractivity contribution in [2.75, 3.05) is 0 Å². The molecule has 1 rings (SSSR count). The Labute approximate surface area is 63.5 Å². The molecule has 0 aromatic heterocycles. The van der Waals surface area contributed by atoms with Gasteiger partial charge in [-0.3, -0.25) is 4.79 Å². The van der Waals surface area contributed by atoms with Gasteiger partial charge < -0.3 is 5.11 Å². The van der Waals surface area contributed by atoms with Crippen LogP contribution < -0.4 is 0 Å². The molecule has 8 heavy (non-hydrogen) atoms. The molecule has 1 fully saturated rings. The van der Waals surface area contributed by atoms with Crippen LogP contribution in [0, 0.1) is 5.92 Å². The van der Waals surface area contributed by atoms with Crippen molar-refractivity contribution >= 4 is 37.8 Å². The molecule has 0 aromatic carbocycles. The summed E-state index contributed by atoms with van der Waals surface area (Å²) in [5, 5.41) is 8.33. The van der Waals surface area contributed by atoms with E-state index in [1.807, 2.05) is 0 Å². The second kappa shape index (κ2) is 1.70. The number of carboxylic acid groups (broad SMARTS) is 1. The number of hydrogen-bond donors (Lipinski definition) is 1. The first-order chi connectivity index (χ1) is 3.54. The lowest BCUT2D eigenvalue weighted by Gasteiger charge is -1.89. The van der Waals surface area contributed by atoms with E-state index in [4.69, 9.17) is 5.11 Å². The average Bonchev–Trinajstić information content (AvgIpc) is 2.13. The summed E-state index contributed by atoms with van der Waals surface area (Å²) in [6.45, 7) is 0. The van der Waals surface area contributed by atoms with Gasteiger partial charge in [0.1, 0.15) is 0 Å². The number of carboxylic acids is 1. The molecule has 0 heterocycles. The monoisotopic (exact) mass is 242 g/mol. The van der Waals surface area contributed by atoms with Crippen LogP contribution in [-0.2, 0) is 4.79 Å². The fourth-order valence-electron chi connectivity index (χ4n) is 0.481. The largest absolute Gasteiger partial charge is 0.481 e. The highest BCUT2D eigenvalue weighted by molar-refractivity contribution is 9.25. The lowest BCUT2D eigenvalue weighted by Crippen LogP contribution is -2.02. The van der Waals surface area contributed by atoms with Gasteiger partial charge >= 0.3 is 5.97 Å². The van der Waals surface area contributed by atoms with Gasteiger partial charge in [-0.1, -0.05) is 31.9 Å². The van der Waals surface area contributed by atoms with Crippen LogP contribution in [0.25, 0.3) is 0 Å². The van der Waals surface area contributed by atoms with Gasteiger partial charge in [0, 0.05) is 0 Å². The van der Waals surface area contributed by atoms with Crippen molar-refractivity contribution in [3.8, 4) is 0 Å². The lowest BCUT2D eigenvalue weighted by atomic mass is 10.5. The van der Waals surface area contributed by atoms with Gasteiger partial charge in [0.2, 0.25) is 0 Å². The molecule has 1 N–H and O–H groups in total. The normalized spacial score (nSPS) is 32.0. The van der Waals surface area contributed by atoms with E-state index in [0.29, 0.717) is 6.42 Å². The molecular formula is C4H4Br2O2. The first kappa shape index (κ1) is 6.55. The second-order valence-electron chi connectivity index (χ2n) is 1.86. The fourth-order valence-corrected chi connectivity index (χ4v) is 1.52. The average molecular weight is 244 g/mol. The molecule has 1 unspecified atom stereocenters. The number of rotatable bonds is 1. The Bertz CT molecular complexity index is 132. The Morgan fingerprint density at radius 1 is 1.75 bits per heavy atom. The molecule has 4 heteroatoms. The van der Waals surface area contributed by atoms with Crippen molar-refractivity contribution in [1.29, 1.82) is 0 Å². The SMILES string of the molecule is O=C(O)C1CC1(Br)Br. The Morgan fingerprint density at radius 2 is 2.12 bits per heavy atom. The molecule has 0 radical (unpaired) electrons. The highest BCUT2D eigenvalue weighted by Crippen LogP contribution is 2.56. The van der Waals surface area contributed by atoms with Crippen molar-refractivity contribution in [2.24, 2.45) is 5.92 Å². The Morgan fingerprint density at radius 3 is 2.12 bits per heavy atom. The third-order valence-electron chi connectivity index (χ3n) is 1.12. The van der Waals surface area contributed by atoms with Crippen molar-refractivity contribution in [3.05, 3.63) is 0 Å². The van der Waals surface area contributed by atoms with E-state index in [1.54, 1.807) is 0 Å². The van der Waals surface area contributed by atoms with E-state index in [0.717, 1.165) is 0 Å². The molecule has 0 amide bonds. The van der Waals surface area contributed by atoms with E-state index >= 15 is 0 Å². The highest BCUT2D eigenvalue weighted by atomic mass is 79.9. The van der Waals surface area contributed by atoms with Gasteiger partial charge in [-0.2, -0.15) is 0 Å². The van der Waals surface area contributed by atoms with Gasteiger partial charge in [-0.05, 0) is 6.42 Å². The minimum atomic E-state index is -0.737. The van der Waals surface area contributed by atoms with Gasteiger partial charge in [0.25, 0.3) is 0 Å². The molecule has 0 saturated heterocycles. The summed E-state index contributed by atoms with van der Waals surface area (Å²) >= 11 is 6.38. The highest BCUT2D eigenvalue weighted by Gasteiger charge is 2.55. The standard InChI is InChI=1S/C4H4Br2O2/c5-4(6)1-2(4)3(7)8/h2H,1H2,(H,7,8). The summed E-state index contributed by atoms with van der Waals surface area (Å²) in [7, 11) is 0. The third kappa shape index (κ3) is 1.05. The minimum Gasteiger partial charge on any atom is -0.481 e. The van der Waals surface area contributed by atoms with Gasteiger partial charge in [0.15, 0.2) is 0 Å². The molecule has 1 atom stereocenters. The van der Waals surface area contributed by atoms with Crippen LogP contribution in [0.4, 0.5) is 0 Å². The molecule has 1 saturated carbocycles. The summed E-state index contributed by atoms with van der Waals surface area (Å²) in [5.74, 6) is -0.971. The maximum absolute atomic E-state index is 10.1. The van der Waals surface area contributed by atoms with Crippen LogP contribution in [0.1, 0.15) is 6.42 Å². The van der Waals surface area contributed by atoms with Crippen LogP contribution in [0.2, 0.25) is 0 Å². The zero-order chi connectivity index (χ0) is 6.36. The Hall–Kier alpha value is 0.430. The van der Waals surface area contributed by atoms with Crippen LogP contribution in [0.15, 0.2) is 0 Å². The molecule has 2 nitrogen and oxygen atoms in total. The van der Waals surface area contributed by atoms with E-state index in [1.165, 1.54) is 0 Å². The number of halogens is 2. The van der Waals surface area contributed by atoms with Crippen molar-refractivity contribution < 1.29 is 9.90 Å². The van der Waals surface area contributed by atoms with Crippen LogP contribution >= 0.6 is 31.9 Å². The molecule has 0 bridgehead atoms. The van der Waals surface area contributed by atoms with E-state index in [-0.39, 0.29) is 9.15 Å². The quantitative estimate of drug-likeness (QED) is 0.711. The molecule has 0 aliphatic heterocycles.